The molecule has 0 amide bonds. The van der Waals surface area contributed by atoms with Gasteiger partial charge in [-0.25, -0.2) is 9.19 Å². The summed E-state index contributed by atoms with van der Waals surface area (Å²) in [6, 6.07) is 0. The van der Waals surface area contributed by atoms with E-state index in [1.807, 2.05) is 0 Å². The highest BCUT2D eigenvalue weighted by Gasteiger charge is 2.15. The fraction of sp³-hybridized carbons (Fsp3) is 0.400. The number of hydrogen-bond acceptors (Lipinski definition) is 4. The van der Waals surface area contributed by atoms with Crippen LogP contribution < -0.4 is 0 Å². The van der Waals surface area contributed by atoms with Crippen molar-refractivity contribution in [2.24, 2.45) is 10.8 Å². The highest BCUT2D eigenvalue weighted by atomic mass is 35.7. The minimum atomic E-state index is -4.16. The molecule has 0 aliphatic carbocycles. The minimum Gasteiger partial charge on any atom is -0.326 e. The molecule has 0 aromatic carbocycles. The van der Waals surface area contributed by atoms with Gasteiger partial charge in [0.2, 0.25) is 5.16 Å². The molecule has 1 atom stereocenters. The molecule has 14 heavy (non-hydrogen) atoms. The Morgan fingerprint density at radius 1 is 1.50 bits per heavy atom. The van der Waals surface area contributed by atoms with Crippen LogP contribution >= 0.6 is 10.7 Å². The molecule has 6 nitrogen and oxygen atoms in total. The number of nitrogens with zero attached hydrogens (tertiary/aromatic N) is 3. The van der Waals surface area contributed by atoms with Gasteiger partial charge in [0, 0.05) is 36.4 Å². The average Bonchev–Trinajstić information content (AvgIpc) is 2.29. The fourth-order valence-electron chi connectivity index (χ4n) is 0.920. The zero-order valence-electron chi connectivity index (χ0n) is 7.42. The highest BCUT2D eigenvalue weighted by Crippen LogP contribution is 2.11. The van der Waals surface area contributed by atoms with Gasteiger partial charge in [0.1, 0.15) is 9.73 Å². The molecule has 0 unspecified atom stereocenters. The van der Waals surface area contributed by atoms with Crippen LogP contribution in [0.3, 0.4) is 0 Å². The Labute approximate surface area is 86.6 Å². The van der Waals surface area contributed by atoms with E-state index in [9.17, 15) is 12.6 Å². The summed E-state index contributed by atoms with van der Waals surface area (Å²) in [5.41, 5.74) is 0. The number of halogens is 1. The largest absolute Gasteiger partial charge is 0.347 e. The number of rotatable bonds is 2. The van der Waals surface area contributed by atoms with Crippen LogP contribution in [0.1, 0.15) is 0 Å². The van der Waals surface area contributed by atoms with Crippen LogP contribution in [0.4, 0.5) is 0 Å². The number of imidazole rings is 1. The van der Waals surface area contributed by atoms with E-state index in [2.05, 4.69) is 8.75 Å². The molecule has 1 aromatic rings. The van der Waals surface area contributed by atoms with E-state index in [1.54, 1.807) is 7.05 Å². The lowest BCUT2D eigenvalue weighted by Crippen LogP contribution is -2.07. The van der Waals surface area contributed by atoms with Crippen LogP contribution in [0.15, 0.2) is 21.3 Å². The van der Waals surface area contributed by atoms with Crippen molar-refractivity contribution in [1.29, 1.82) is 0 Å². The Balaban J connectivity index is 3.44. The van der Waals surface area contributed by atoms with Gasteiger partial charge in [-0.1, -0.05) is 3.77 Å². The first-order chi connectivity index (χ1) is 6.22. The van der Waals surface area contributed by atoms with Crippen LogP contribution in [0.25, 0.3) is 0 Å². The fourth-order valence-corrected chi connectivity index (χ4v) is 4.37. The van der Waals surface area contributed by atoms with E-state index in [0.717, 1.165) is 6.26 Å². The first-order valence-electron chi connectivity index (χ1n) is 3.38. The molecule has 0 fully saturated rings. The second kappa shape index (κ2) is 3.52. The van der Waals surface area contributed by atoms with E-state index in [-0.39, 0.29) is 5.16 Å². The Hall–Kier alpha value is -0.600. The van der Waals surface area contributed by atoms with Gasteiger partial charge in [0.15, 0.2) is 0 Å². The maximum atomic E-state index is 11.8. The molecule has 1 aromatic heterocycles. The summed E-state index contributed by atoms with van der Waals surface area (Å²) in [6.45, 7) is 0. The summed E-state index contributed by atoms with van der Waals surface area (Å²) < 4.78 is 37.5. The van der Waals surface area contributed by atoms with Crippen molar-refractivity contribution in [1.82, 2.24) is 9.55 Å². The molecule has 80 valence electrons. The minimum absolute atomic E-state index is 0.0710. The van der Waals surface area contributed by atoms with E-state index in [0.29, 0.717) is 0 Å². The summed E-state index contributed by atoms with van der Waals surface area (Å²) in [6.07, 6.45) is 4.10. The van der Waals surface area contributed by atoms with Crippen molar-refractivity contribution >= 4 is 29.6 Å². The summed E-state index contributed by atoms with van der Waals surface area (Å²) >= 11 is 0. The van der Waals surface area contributed by atoms with Gasteiger partial charge in [0.05, 0.1) is 0 Å². The SMILES string of the molecule is Cn1ccnc1[S@@](C)(=O)=NS(=O)(=O)Cl. The van der Waals surface area contributed by atoms with Gasteiger partial charge in [-0.15, -0.1) is 0 Å². The normalized spacial score (nSPS) is 16.2. The van der Waals surface area contributed by atoms with Gasteiger partial charge >= 0.3 is 9.24 Å². The van der Waals surface area contributed by atoms with Gasteiger partial charge in [-0.3, -0.25) is 0 Å². The van der Waals surface area contributed by atoms with Crippen LogP contribution in [-0.2, 0) is 26.0 Å². The van der Waals surface area contributed by atoms with Crippen molar-refractivity contribution in [3.8, 4) is 0 Å². The number of aromatic nitrogens is 2. The van der Waals surface area contributed by atoms with Gasteiger partial charge in [0.25, 0.3) is 0 Å². The van der Waals surface area contributed by atoms with Gasteiger partial charge < -0.3 is 4.57 Å². The standard InChI is InChI=1S/C5H8ClN3O3S2/c1-9-4-3-7-5(9)13(2,10)8-14(6,11)12/h3-4H,1-2H3/t13-/m1/s1. The topological polar surface area (TPSA) is 81.4 Å². The first kappa shape index (κ1) is 11.5. The predicted octanol–water partition coefficient (Wildman–Crippen LogP) is 0.360. The Bertz CT molecular complexity index is 553. The van der Waals surface area contributed by atoms with Crippen molar-refractivity contribution in [2.45, 2.75) is 5.16 Å². The lowest BCUT2D eigenvalue weighted by atomic mass is 10.9. The second-order valence-electron chi connectivity index (χ2n) is 2.61. The molecule has 0 bridgehead atoms. The lowest BCUT2D eigenvalue weighted by Gasteiger charge is -2.01. The Morgan fingerprint density at radius 3 is 2.43 bits per heavy atom. The molecule has 0 N–H and O–H groups in total. The zero-order valence-corrected chi connectivity index (χ0v) is 9.80. The molecular weight excluding hydrogens is 250 g/mol. The van der Waals surface area contributed by atoms with Crippen molar-refractivity contribution < 1.29 is 12.6 Å². The summed E-state index contributed by atoms with van der Waals surface area (Å²) in [5.74, 6) is 0. The number of hydrogen-bond donors (Lipinski definition) is 0. The molecular formula is C5H8ClN3O3S2. The third kappa shape index (κ3) is 2.69. The van der Waals surface area contributed by atoms with Crippen molar-refractivity contribution in [2.75, 3.05) is 6.26 Å². The molecule has 0 radical (unpaired) electrons. The van der Waals surface area contributed by atoms with E-state index in [1.165, 1.54) is 17.0 Å². The zero-order chi connectivity index (χ0) is 11.0. The van der Waals surface area contributed by atoms with Gasteiger partial charge in [-0.2, -0.15) is 8.42 Å². The molecule has 0 saturated carbocycles. The molecule has 1 rings (SSSR count). The number of aryl methyl sites for hydroxylation is 1. The van der Waals surface area contributed by atoms with Crippen molar-refractivity contribution in [3.05, 3.63) is 12.4 Å². The summed E-state index contributed by atoms with van der Waals surface area (Å²) in [5, 5.41) is 0.0710. The van der Waals surface area contributed by atoms with E-state index < -0.39 is 19.0 Å². The second-order valence-corrected chi connectivity index (χ2v) is 7.17. The highest BCUT2D eigenvalue weighted by molar-refractivity contribution is 8.17. The molecule has 9 heteroatoms. The lowest BCUT2D eigenvalue weighted by molar-refractivity contribution is 0.610. The van der Waals surface area contributed by atoms with Crippen molar-refractivity contribution in [3.63, 3.8) is 0 Å². The van der Waals surface area contributed by atoms with Crippen LogP contribution in [0.2, 0.25) is 0 Å². The molecule has 0 saturated heterocycles. The third-order valence-corrected chi connectivity index (χ3v) is 4.78. The Kier molecular flexibility index (Phi) is 2.88. The molecule has 0 aliphatic rings. The summed E-state index contributed by atoms with van der Waals surface area (Å²) in [7, 11) is -0.793. The third-order valence-electron chi connectivity index (χ3n) is 1.35. The van der Waals surface area contributed by atoms with E-state index >= 15 is 0 Å². The van der Waals surface area contributed by atoms with E-state index in [4.69, 9.17) is 10.7 Å². The molecule has 1 heterocycles. The van der Waals surface area contributed by atoms with Crippen LogP contribution in [0, 0.1) is 0 Å². The maximum Gasteiger partial charge on any atom is 0.347 e. The first-order valence-corrected chi connectivity index (χ1v) is 7.57. The summed E-state index contributed by atoms with van der Waals surface area (Å²) in [4.78, 5) is 3.74. The Morgan fingerprint density at radius 2 is 2.07 bits per heavy atom. The quantitative estimate of drug-likeness (QED) is 0.717. The average molecular weight is 258 g/mol. The molecule has 0 aliphatic heterocycles. The van der Waals surface area contributed by atoms with Crippen LogP contribution in [0.5, 0.6) is 0 Å². The van der Waals surface area contributed by atoms with Gasteiger partial charge in [-0.05, 0) is 0 Å². The maximum absolute atomic E-state index is 11.8. The predicted molar refractivity (Wildman–Crippen MR) is 52.7 cm³/mol. The van der Waals surface area contributed by atoms with Crippen LogP contribution in [-0.4, -0.2) is 28.4 Å². The molecule has 0 spiro atoms. The smallest absolute Gasteiger partial charge is 0.326 e. The monoisotopic (exact) mass is 257 g/mol.